The van der Waals surface area contributed by atoms with Crippen LogP contribution in [-0.2, 0) is 16.6 Å². The molecular formula is C20H27N3O2. The molecule has 1 saturated carbocycles. The Balaban J connectivity index is 1.31. The van der Waals surface area contributed by atoms with Gasteiger partial charge in [0.15, 0.2) is 0 Å². The lowest BCUT2D eigenvalue weighted by atomic mass is 9.78. The number of primary amides is 1. The number of nitrogens with two attached hydrogens (primary N) is 1. The molecular weight excluding hydrogens is 314 g/mol. The molecule has 1 spiro atoms. The zero-order valence-electron chi connectivity index (χ0n) is 14.7. The summed E-state index contributed by atoms with van der Waals surface area (Å²) in [6.07, 6.45) is 6.24. The fourth-order valence-electron chi connectivity index (χ4n) is 4.93. The molecule has 25 heavy (non-hydrogen) atoms. The van der Waals surface area contributed by atoms with E-state index in [-0.39, 0.29) is 17.9 Å². The predicted octanol–water partition coefficient (Wildman–Crippen LogP) is 2.19. The van der Waals surface area contributed by atoms with E-state index in [0.29, 0.717) is 37.3 Å². The number of rotatable bonds is 3. The van der Waals surface area contributed by atoms with E-state index >= 15 is 0 Å². The molecule has 0 aromatic heterocycles. The predicted molar refractivity (Wildman–Crippen MR) is 96.1 cm³/mol. The minimum atomic E-state index is -0.240. The van der Waals surface area contributed by atoms with Crippen molar-refractivity contribution < 1.29 is 9.59 Å². The second-order valence-electron chi connectivity index (χ2n) is 7.92. The number of nitrogens with one attached hydrogen (secondary N) is 1. The maximum Gasteiger partial charge on any atom is 0.317 e. The Bertz CT molecular complexity index is 681. The van der Waals surface area contributed by atoms with Gasteiger partial charge in [0.1, 0.15) is 0 Å². The summed E-state index contributed by atoms with van der Waals surface area (Å²) in [5.41, 5.74) is 8.67. The normalized spacial score (nSPS) is 28.5. The summed E-state index contributed by atoms with van der Waals surface area (Å²) in [5.74, 6) is 0.242. The molecule has 2 fully saturated rings. The smallest absolute Gasteiger partial charge is 0.317 e. The van der Waals surface area contributed by atoms with Gasteiger partial charge in [0.05, 0.1) is 0 Å². The van der Waals surface area contributed by atoms with Crippen LogP contribution in [0, 0.1) is 11.8 Å². The molecule has 2 atom stereocenters. The SMILES string of the molecule is NC(=O)C1CCN(C(=O)NC[C@H]2C[C@@]23CCCc2ccccc23)CC1. The van der Waals surface area contributed by atoms with Gasteiger partial charge in [-0.05, 0) is 55.6 Å². The van der Waals surface area contributed by atoms with E-state index in [9.17, 15) is 9.59 Å². The van der Waals surface area contributed by atoms with Crippen molar-refractivity contribution in [1.82, 2.24) is 10.2 Å². The Hall–Kier alpha value is -2.04. The van der Waals surface area contributed by atoms with Crippen molar-refractivity contribution in [2.45, 2.75) is 43.9 Å². The lowest BCUT2D eigenvalue weighted by Crippen LogP contribution is -2.47. The van der Waals surface area contributed by atoms with Crippen LogP contribution in [0.15, 0.2) is 24.3 Å². The quantitative estimate of drug-likeness (QED) is 0.884. The average Bonchev–Trinajstić information content (AvgIpc) is 3.33. The lowest BCUT2D eigenvalue weighted by Gasteiger charge is -2.31. The topological polar surface area (TPSA) is 75.4 Å². The van der Waals surface area contributed by atoms with Crippen molar-refractivity contribution in [3.63, 3.8) is 0 Å². The first-order chi connectivity index (χ1) is 12.1. The van der Waals surface area contributed by atoms with Crippen molar-refractivity contribution in [2.75, 3.05) is 19.6 Å². The molecule has 1 aromatic carbocycles. The van der Waals surface area contributed by atoms with E-state index < -0.39 is 0 Å². The fourth-order valence-corrected chi connectivity index (χ4v) is 4.93. The van der Waals surface area contributed by atoms with Gasteiger partial charge in [-0.25, -0.2) is 4.79 Å². The van der Waals surface area contributed by atoms with Gasteiger partial charge in [-0.3, -0.25) is 4.79 Å². The van der Waals surface area contributed by atoms with Crippen LogP contribution in [0.3, 0.4) is 0 Å². The first kappa shape index (κ1) is 16.4. The highest BCUT2D eigenvalue weighted by atomic mass is 16.2. The van der Waals surface area contributed by atoms with Gasteiger partial charge in [-0.15, -0.1) is 0 Å². The van der Waals surface area contributed by atoms with Gasteiger partial charge in [-0.2, -0.15) is 0 Å². The fraction of sp³-hybridized carbons (Fsp3) is 0.600. The van der Waals surface area contributed by atoms with Crippen molar-refractivity contribution in [3.05, 3.63) is 35.4 Å². The summed E-state index contributed by atoms with van der Waals surface area (Å²) < 4.78 is 0. The zero-order valence-corrected chi connectivity index (χ0v) is 14.7. The van der Waals surface area contributed by atoms with E-state index in [1.807, 2.05) is 4.90 Å². The van der Waals surface area contributed by atoms with Crippen molar-refractivity contribution >= 4 is 11.9 Å². The number of urea groups is 1. The second kappa shape index (κ2) is 6.36. The summed E-state index contributed by atoms with van der Waals surface area (Å²) in [6, 6.07) is 8.82. The van der Waals surface area contributed by atoms with Gasteiger partial charge in [0.25, 0.3) is 0 Å². The van der Waals surface area contributed by atoms with Crippen molar-refractivity contribution in [2.24, 2.45) is 17.6 Å². The Labute approximate surface area is 148 Å². The van der Waals surface area contributed by atoms with Gasteiger partial charge >= 0.3 is 6.03 Å². The highest BCUT2D eigenvalue weighted by Gasteiger charge is 2.56. The van der Waals surface area contributed by atoms with Gasteiger partial charge in [0.2, 0.25) is 5.91 Å². The molecule has 1 saturated heterocycles. The maximum atomic E-state index is 12.4. The first-order valence-corrected chi connectivity index (χ1v) is 9.50. The number of hydrogen-bond acceptors (Lipinski definition) is 2. The third-order valence-corrected chi connectivity index (χ3v) is 6.54. The molecule has 3 aliphatic rings. The Morgan fingerprint density at radius 1 is 1.24 bits per heavy atom. The first-order valence-electron chi connectivity index (χ1n) is 9.50. The van der Waals surface area contributed by atoms with Crippen molar-refractivity contribution in [3.8, 4) is 0 Å². The third kappa shape index (κ3) is 3.00. The molecule has 1 aliphatic heterocycles. The molecule has 5 nitrogen and oxygen atoms in total. The minimum Gasteiger partial charge on any atom is -0.369 e. The number of likely N-dealkylation sites (tertiary alicyclic amines) is 1. The van der Waals surface area contributed by atoms with Gasteiger partial charge in [-0.1, -0.05) is 24.3 Å². The summed E-state index contributed by atoms with van der Waals surface area (Å²) >= 11 is 0. The number of piperidine rings is 1. The number of hydrogen-bond donors (Lipinski definition) is 2. The summed E-state index contributed by atoms with van der Waals surface area (Å²) in [4.78, 5) is 25.5. The molecule has 134 valence electrons. The zero-order chi connectivity index (χ0) is 17.4. The van der Waals surface area contributed by atoms with E-state index in [4.69, 9.17) is 5.73 Å². The molecule has 4 rings (SSSR count). The standard InChI is InChI=1S/C20H27N3O2/c21-18(24)15-7-10-23(11-8-15)19(25)22-13-16-12-20(16)9-3-5-14-4-1-2-6-17(14)20/h1-2,4,6,15-16H,3,5,7-13H2,(H2,21,24)(H,22,25)/t16-,20+/m1/s1. The van der Waals surface area contributed by atoms with Crippen LogP contribution in [0.25, 0.3) is 0 Å². The van der Waals surface area contributed by atoms with Crippen LogP contribution in [0.1, 0.15) is 43.2 Å². The summed E-state index contributed by atoms with van der Waals surface area (Å²) in [5, 5.41) is 3.13. The van der Waals surface area contributed by atoms with Crippen LogP contribution >= 0.6 is 0 Å². The molecule has 1 aromatic rings. The average molecular weight is 341 g/mol. The molecule has 0 bridgehead atoms. The molecule has 2 aliphatic carbocycles. The minimum absolute atomic E-state index is 0.00839. The second-order valence-corrected chi connectivity index (χ2v) is 7.92. The van der Waals surface area contributed by atoms with Crippen LogP contribution < -0.4 is 11.1 Å². The number of amides is 3. The Morgan fingerprint density at radius 3 is 2.76 bits per heavy atom. The highest BCUT2D eigenvalue weighted by Crippen LogP contribution is 2.59. The molecule has 1 heterocycles. The van der Waals surface area contributed by atoms with Crippen LogP contribution in [0.5, 0.6) is 0 Å². The largest absolute Gasteiger partial charge is 0.369 e. The molecule has 5 heteroatoms. The Kier molecular flexibility index (Phi) is 4.18. The number of fused-ring (bicyclic) bond motifs is 2. The van der Waals surface area contributed by atoms with Crippen molar-refractivity contribution in [1.29, 1.82) is 0 Å². The number of benzene rings is 1. The highest BCUT2D eigenvalue weighted by molar-refractivity contribution is 5.78. The van der Waals surface area contributed by atoms with Crippen LogP contribution in [0.2, 0.25) is 0 Å². The monoisotopic (exact) mass is 341 g/mol. The molecule has 0 radical (unpaired) electrons. The van der Waals surface area contributed by atoms with Crippen LogP contribution in [0.4, 0.5) is 4.79 Å². The molecule has 3 N–H and O–H groups in total. The number of carbonyl (C=O) groups is 2. The molecule has 3 amide bonds. The number of aryl methyl sites for hydroxylation is 1. The third-order valence-electron chi connectivity index (χ3n) is 6.54. The molecule has 0 unspecified atom stereocenters. The lowest BCUT2D eigenvalue weighted by molar-refractivity contribution is -0.123. The summed E-state index contributed by atoms with van der Waals surface area (Å²) in [6.45, 7) is 2.00. The number of nitrogens with zero attached hydrogens (tertiary/aromatic N) is 1. The van der Waals surface area contributed by atoms with E-state index in [2.05, 4.69) is 29.6 Å². The Morgan fingerprint density at radius 2 is 2.00 bits per heavy atom. The van der Waals surface area contributed by atoms with Crippen LogP contribution in [-0.4, -0.2) is 36.5 Å². The maximum absolute atomic E-state index is 12.4. The van der Waals surface area contributed by atoms with E-state index in [1.165, 1.54) is 36.8 Å². The van der Waals surface area contributed by atoms with Gasteiger partial charge < -0.3 is 16.0 Å². The van der Waals surface area contributed by atoms with E-state index in [0.717, 1.165) is 6.54 Å². The van der Waals surface area contributed by atoms with Gasteiger partial charge in [0, 0.05) is 31.0 Å². The summed E-state index contributed by atoms with van der Waals surface area (Å²) in [7, 11) is 0. The van der Waals surface area contributed by atoms with E-state index in [1.54, 1.807) is 0 Å². The number of carbonyl (C=O) groups excluding carboxylic acids is 2.